The highest BCUT2D eigenvalue weighted by Crippen LogP contribution is 2.32. The van der Waals surface area contributed by atoms with E-state index in [4.69, 9.17) is 9.47 Å². The van der Waals surface area contributed by atoms with E-state index < -0.39 is 10.0 Å². The Labute approximate surface area is 170 Å². The van der Waals surface area contributed by atoms with Gasteiger partial charge in [0, 0.05) is 24.9 Å². The SMILES string of the molecule is O=C(/C=C/c1ccc2c(c1)OCO2)Nc1cccc(CS(=O)(=O)N2CCCC2)c1. The van der Waals surface area contributed by atoms with Crippen molar-refractivity contribution in [1.29, 1.82) is 0 Å². The molecule has 29 heavy (non-hydrogen) atoms. The van der Waals surface area contributed by atoms with Crippen LogP contribution in [-0.4, -0.2) is 38.5 Å². The van der Waals surface area contributed by atoms with Gasteiger partial charge in [-0.05, 0) is 54.3 Å². The summed E-state index contributed by atoms with van der Waals surface area (Å²) in [7, 11) is -3.33. The van der Waals surface area contributed by atoms with Gasteiger partial charge >= 0.3 is 0 Å². The number of nitrogens with one attached hydrogen (secondary N) is 1. The standard InChI is InChI=1S/C21H22N2O5S/c24-21(9-7-16-6-8-19-20(13-16)28-15-27-19)22-18-5-3-4-17(12-18)14-29(25,26)23-10-1-2-11-23/h3-9,12-13H,1-2,10-11,14-15H2,(H,22,24)/b9-7+. The van der Waals surface area contributed by atoms with E-state index in [9.17, 15) is 13.2 Å². The van der Waals surface area contributed by atoms with Crippen LogP contribution in [0.25, 0.3) is 6.08 Å². The number of amides is 1. The van der Waals surface area contributed by atoms with Crippen molar-refractivity contribution in [2.24, 2.45) is 0 Å². The molecule has 2 aliphatic heterocycles. The molecule has 152 valence electrons. The molecule has 1 fully saturated rings. The molecule has 2 aromatic carbocycles. The number of nitrogens with zero attached hydrogens (tertiary/aromatic N) is 1. The van der Waals surface area contributed by atoms with Gasteiger partial charge in [0.15, 0.2) is 11.5 Å². The number of hydrogen-bond donors (Lipinski definition) is 1. The van der Waals surface area contributed by atoms with E-state index in [1.54, 1.807) is 42.5 Å². The second-order valence-corrected chi connectivity index (χ2v) is 8.97. The van der Waals surface area contributed by atoms with Crippen LogP contribution in [0.1, 0.15) is 24.0 Å². The molecular weight excluding hydrogens is 392 g/mol. The molecule has 2 aromatic rings. The Morgan fingerprint density at radius 2 is 1.86 bits per heavy atom. The molecule has 7 nitrogen and oxygen atoms in total. The van der Waals surface area contributed by atoms with E-state index >= 15 is 0 Å². The van der Waals surface area contributed by atoms with Gasteiger partial charge in [0.25, 0.3) is 0 Å². The maximum absolute atomic E-state index is 12.5. The second kappa shape index (κ2) is 8.26. The molecule has 0 saturated carbocycles. The largest absolute Gasteiger partial charge is 0.454 e. The van der Waals surface area contributed by atoms with Crippen LogP contribution >= 0.6 is 0 Å². The predicted molar refractivity (Wildman–Crippen MR) is 110 cm³/mol. The van der Waals surface area contributed by atoms with Crippen molar-refractivity contribution in [1.82, 2.24) is 4.31 Å². The first-order valence-electron chi connectivity index (χ1n) is 9.45. The average molecular weight is 414 g/mol. The van der Waals surface area contributed by atoms with Gasteiger partial charge < -0.3 is 14.8 Å². The van der Waals surface area contributed by atoms with Crippen LogP contribution in [0.3, 0.4) is 0 Å². The summed E-state index contributed by atoms with van der Waals surface area (Å²) >= 11 is 0. The molecule has 8 heteroatoms. The molecule has 1 amide bonds. The van der Waals surface area contributed by atoms with Gasteiger partial charge in [0.2, 0.25) is 22.7 Å². The summed E-state index contributed by atoms with van der Waals surface area (Å²) in [5.41, 5.74) is 2.02. The molecular formula is C21H22N2O5S. The fourth-order valence-corrected chi connectivity index (χ4v) is 4.98. The lowest BCUT2D eigenvalue weighted by atomic mass is 10.2. The third kappa shape index (κ3) is 4.78. The van der Waals surface area contributed by atoms with Crippen molar-refractivity contribution in [3.8, 4) is 11.5 Å². The van der Waals surface area contributed by atoms with Crippen molar-refractivity contribution in [3.05, 3.63) is 59.7 Å². The van der Waals surface area contributed by atoms with Crippen LogP contribution in [-0.2, 0) is 20.6 Å². The number of carbonyl (C=O) groups is 1. The average Bonchev–Trinajstić information content (AvgIpc) is 3.38. The number of anilines is 1. The van der Waals surface area contributed by atoms with E-state index in [1.165, 1.54) is 10.4 Å². The van der Waals surface area contributed by atoms with Crippen molar-refractivity contribution in [2.45, 2.75) is 18.6 Å². The second-order valence-electron chi connectivity index (χ2n) is 7.00. The van der Waals surface area contributed by atoms with Gasteiger partial charge in [-0.1, -0.05) is 18.2 Å². The minimum absolute atomic E-state index is 0.0657. The Morgan fingerprint density at radius 3 is 2.69 bits per heavy atom. The van der Waals surface area contributed by atoms with Crippen LogP contribution in [0.15, 0.2) is 48.5 Å². The van der Waals surface area contributed by atoms with Crippen LogP contribution < -0.4 is 14.8 Å². The molecule has 2 heterocycles. The Hall–Kier alpha value is -2.84. The summed E-state index contributed by atoms with van der Waals surface area (Å²) in [6.07, 6.45) is 4.92. The number of benzene rings is 2. The maximum Gasteiger partial charge on any atom is 0.248 e. The normalized spacial score (nSPS) is 16.4. The van der Waals surface area contributed by atoms with E-state index in [0.29, 0.717) is 35.8 Å². The maximum atomic E-state index is 12.5. The highest BCUT2D eigenvalue weighted by molar-refractivity contribution is 7.88. The smallest absolute Gasteiger partial charge is 0.248 e. The highest BCUT2D eigenvalue weighted by atomic mass is 32.2. The molecule has 4 rings (SSSR count). The van der Waals surface area contributed by atoms with Gasteiger partial charge in [-0.15, -0.1) is 0 Å². The summed E-state index contributed by atoms with van der Waals surface area (Å²) in [6, 6.07) is 12.4. The first-order valence-corrected chi connectivity index (χ1v) is 11.1. The minimum Gasteiger partial charge on any atom is -0.454 e. The van der Waals surface area contributed by atoms with E-state index in [1.807, 2.05) is 6.07 Å². The number of fused-ring (bicyclic) bond motifs is 1. The lowest BCUT2D eigenvalue weighted by Crippen LogP contribution is -2.29. The third-order valence-electron chi connectivity index (χ3n) is 4.83. The summed E-state index contributed by atoms with van der Waals surface area (Å²) in [5.74, 6) is 0.970. The first kappa shape index (κ1) is 19.5. The molecule has 2 aliphatic rings. The van der Waals surface area contributed by atoms with E-state index in [0.717, 1.165) is 18.4 Å². The molecule has 0 radical (unpaired) electrons. The van der Waals surface area contributed by atoms with Crippen molar-refractivity contribution < 1.29 is 22.7 Å². The molecule has 0 bridgehead atoms. The number of ether oxygens (including phenoxy) is 2. The van der Waals surface area contributed by atoms with Crippen molar-refractivity contribution >= 4 is 27.7 Å². The molecule has 1 saturated heterocycles. The Balaban J connectivity index is 1.39. The molecule has 0 spiro atoms. The Morgan fingerprint density at radius 1 is 1.07 bits per heavy atom. The van der Waals surface area contributed by atoms with Crippen LogP contribution in [0.4, 0.5) is 5.69 Å². The van der Waals surface area contributed by atoms with Crippen molar-refractivity contribution in [3.63, 3.8) is 0 Å². The zero-order valence-electron chi connectivity index (χ0n) is 15.8. The molecule has 0 unspecified atom stereocenters. The molecule has 0 atom stereocenters. The minimum atomic E-state index is -3.33. The number of carbonyl (C=O) groups excluding carboxylic acids is 1. The summed E-state index contributed by atoms with van der Waals surface area (Å²) in [6.45, 7) is 1.37. The first-order chi connectivity index (χ1) is 14.0. The van der Waals surface area contributed by atoms with Crippen LogP contribution in [0, 0.1) is 0 Å². The molecule has 0 aromatic heterocycles. The molecule has 1 N–H and O–H groups in total. The van der Waals surface area contributed by atoms with Crippen LogP contribution in [0.2, 0.25) is 0 Å². The third-order valence-corrected chi connectivity index (χ3v) is 6.68. The van der Waals surface area contributed by atoms with Gasteiger partial charge in [0.1, 0.15) is 0 Å². The zero-order chi connectivity index (χ0) is 20.3. The zero-order valence-corrected chi connectivity index (χ0v) is 16.7. The Kier molecular flexibility index (Phi) is 5.55. The summed E-state index contributed by atoms with van der Waals surface area (Å²) < 4.78 is 37.1. The van der Waals surface area contributed by atoms with Gasteiger partial charge in [-0.25, -0.2) is 12.7 Å². The van der Waals surface area contributed by atoms with Gasteiger partial charge in [0.05, 0.1) is 5.75 Å². The lowest BCUT2D eigenvalue weighted by molar-refractivity contribution is -0.111. The number of rotatable bonds is 6. The van der Waals surface area contributed by atoms with Crippen molar-refractivity contribution in [2.75, 3.05) is 25.2 Å². The quantitative estimate of drug-likeness (QED) is 0.735. The fraction of sp³-hybridized carbons (Fsp3) is 0.286. The highest BCUT2D eigenvalue weighted by Gasteiger charge is 2.25. The number of hydrogen-bond acceptors (Lipinski definition) is 5. The van der Waals surface area contributed by atoms with E-state index in [-0.39, 0.29) is 18.5 Å². The van der Waals surface area contributed by atoms with Gasteiger partial charge in [-0.3, -0.25) is 4.79 Å². The lowest BCUT2D eigenvalue weighted by Gasteiger charge is -2.15. The van der Waals surface area contributed by atoms with Gasteiger partial charge in [-0.2, -0.15) is 0 Å². The summed E-state index contributed by atoms with van der Waals surface area (Å²) in [4.78, 5) is 12.2. The molecule has 0 aliphatic carbocycles. The monoisotopic (exact) mass is 414 g/mol. The fourth-order valence-electron chi connectivity index (χ4n) is 3.38. The van der Waals surface area contributed by atoms with Crippen LogP contribution in [0.5, 0.6) is 11.5 Å². The summed E-state index contributed by atoms with van der Waals surface area (Å²) in [5, 5.41) is 2.77. The number of sulfonamides is 1. The topological polar surface area (TPSA) is 84.9 Å². The van der Waals surface area contributed by atoms with E-state index in [2.05, 4.69) is 5.32 Å². The predicted octanol–water partition coefficient (Wildman–Crippen LogP) is 2.99. The Bertz CT molecular complexity index is 1040.